The average molecular weight is 409 g/mol. The number of hydrogen-bond acceptors (Lipinski definition) is 5. The molecule has 154 valence electrons. The van der Waals surface area contributed by atoms with Gasteiger partial charge in [-0.3, -0.25) is 24.4 Å². The van der Waals surface area contributed by atoms with Gasteiger partial charge in [-0.15, -0.1) is 0 Å². The highest BCUT2D eigenvalue weighted by Gasteiger charge is 2.13. The lowest BCUT2D eigenvalue weighted by atomic mass is 9.99. The van der Waals surface area contributed by atoms with E-state index in [0.717, 1.165) is 33.5 Å². The van der Waals surface area contributed by atoms with Gasteiger partial charge in [-0.25, -0.2) is 0 Å². The monoisotopic (exact) mass is 409 g/mol. The Morgan fingerprint density at radius 2 is 1.81 bits per heavy atom. The molecule has 1 aromatic carbocycles. The van der Waals surface area contributed by atoms with E-state index >= 15 is 0 Å². The second kappa shape index (κ2) is 8.83. The SMILES string of the molecule is C/C=C(/c1ccc(-c2cnn(C)c2)cc1)c1cnc(CC(=O)c2cnccc2C)cn1. The minimum absolute atomic E-state index is 0.00935. The van der Waals surface area contributed by atoms with E-state index in [1.165, 1.54) is 0 Å². The first-order chi connectivity index (χ1) is 15.0. The third-order valence-electron chi connectivity index (χ3n) is 5.19. The van der Waals surface area contributed by atoms with Crippen LogP contribution in [0.3, 0.4) is 0 Å². The zero-order valence-electron chi connectivity index (χ0n) is 17.8. The van der Waals surface area contributed by atoms with Crippen molar-refractivity contribution in [2.75, 3.05) is 0 Å². The molecule has 0 bridgehead atoms. The lowest BCUT2D eigenvalue weighted by Gasteiger charge is -2.09. The Labute approximate surface area is 181 Å². The summed E-state index contributed by atoms with van der Waals surface area (Å²) in [4.78, 5) is 25.7. The van der Waals surface area contributed by atoms with Gasteiger partial charge in [0.15, 0.2) is 5.78 Å². The van der Waals surface area contributed by atoms with Crippen molar-refractivity contribution in [2.45, 2.75) is 20.3 Å². The first-order valence-electron chi connectivity index (χ1n) is 10.1. The van der Waals surface area contributed by atoms with Crippen LogP contribution in [0, 0.1) is 6.92 Å². The van der Waals surface area contributed by atoms with Crippen molar-refractivity contribution in [1.29, 1.82) is 0 Å². The van der Waals surface area contributed by atoms with Crippen molar-refractivity contribution >= 4 is 11.4 Å². The normalized spacial score (nSPS) is 11.5. The number of aromatic nitrogens is 5. The topological polar surface area (TPSA) is 73.6 Å². The largest absolute Gasteiger partial charge is 0.294 e. The van der Waals surface area contributed by atoms with Gasteiger partial charge in [0.25, 0.3) is 0 Å². The second-order valence-corrected chi connectivity index (χ2v) is 7.37. The van der Waals surface area contributed by atoms with Crippen LogP contribution in [0.2, 0.25) is 0 Å². The summed E-state index contributed by atoms with van der Waals surface area (Å²) in [7, 11) is 1.91. The van der Waals surface area contributed by atoms with Gasteiger partial charge in [0, 0.05) is 48.5 Å². The molecular weight excluding hydrogens is 386 g/mol. The summed E-state index contributed by atoms with van der Waals surface area (Å²) in [6.45, 7) is 3.89. The van der Waals surface area contributed by atoms with Crippen LogP contribution in [0.4, 0.5) is 0 Å². The van der Waals surface area contributed by atoms with E-state index in [4.69, 9.17) is 0 Å². The lowest BCUT2D eigenvalue weighted by molar-refractivity contribution is 0.0991. The highest BCUT2D eigenvalue weighted by molar-refractivity contribution is 5.98. The third kappa shape index (κ3) is 4.48. The van der Waals surface area contributed by atoms with Gasteiger partial charge in [-0.1, -0.05) is 30.3 Å². The Morgan fingerprint density at radius 1 is 1.00 bits per heavy atom. The highest BCUT2D eigenvalue weighted by Crippen LogP contribution is 2.25. The van der Waals surface area contributed by atoms with E-state index in [-0.39, 0.29) is 12.2 Å². The van der Waals surface area contributed by atoms with Crippen molar-refractivity contribution < 1.29 is 4.79 Å². The summed E-state index contributed by atoms with van der Waals surface area (Å²) in [5.41, 5.74) is 7.17. The first-order valence-corrected chi connectivity index (χ1v) is 10.1. The number of allylic oxidation sites excluding steroid dienone is 1. The average Bonchev–Trinajstić information content (AvgIpc) is 3.22. The molecule has 4 rings (SSSR count). The van der Waals surface area contributed by atoms with Gasteiger partial charge < -0.3 is 0 Å². The second-order valence-electron chi connectivity index (χ2n) is 7.37. The Hall–Kier alpha value is -3.93. The molecule has 0 amide bonds. The standard InChI is InChI=1S/C25H23N5O/c1-4-22(19-7-5-18(6-8-19)20-12-29-30(3)16-20)24-15-27-21(13-28-24)11-25(31)23-14-26-10-9-17(23)2/h4-10,12-16H,11H2,1-3H3/b22-4-. The molecule has 3 heterocycles. The zero-order chi connectivity index (χ0) is 21.8. The van der Waals surface area contributed by atoms with Gasteiger partial charge in [-0.05, 0) is 36.6 Å². The number of aryl methyl sites for hydroxylation is 2. The molecule has 0 aliphatic carbocycles. The maximum absolute atomic E-state index is 12.6. The molecule has 0 radical (unpaired) electrons. The van der Waals surface area contributed by atoms with Gasteiger partial charge >= 0.3 is 0 Å². The predicted octanol–water partition coefficient (Wildman–Crippen LogP) is 4.46. The Morgan fingerprint density at radius 3 is 2.42 bits per heavy atom. The Balaban J connectivity index is 1.51. The summed E-state index contributed by atoms with van der Waals surface area (Å²) in [6.07, 6.45) is 12.7. The molecule has 0 aliphatic heterocycles. The summed E-state index contributed by atoms with van der Waals surface area (Å²) < 4.78 is 1.79. The summed E-state index contributed by atoms with van der Waals surface area (Å²) >= 11 is 0. The maximum atomic E-state index is 12.6. The molecule has 0 atom stereocenters. The van der Waals surface area contributed by atoms with Crippen LogP contribution in [-0.4, -0.2) is 30.5 Å². The first kappa shape index (κ1) is 20.3. The van der Waals surface area contributed by atoms with Crippen LogP contribution in [0.15, 0.2) is 73.6 Å². The fourth-order valence-electron chi connectivity index (χ4n) is 3.48. The molecule has 0 aliphatic rings. The van der Waals surface area contributed by atoms with Crippen molar-refractivity contribution in [3.05, 3.63) is 102 Å². The van der Waals surface area contributed by atoms with Crippen LogP contribution in [0.1, 0.15) is 39.8 Å². The molecule has 6 nitrogen and oxygen atoms in total. The van der Waals surface area contributed by atoms with Gasteiger partial charge in [-0.2, -0.15) is 5.10 Å². The smallest absolute Gasteiger partial charge is 0.170 e. The molecule has 4 aromatic rings. The maximum Gasteiger partial charge on any atom is 0.170 e. The van der Waals surface area contributed by atoms with Crippen molar-refractivity contribution in [2.24, 2.45) is 7.05 Å². The van der Waals surface area contributed by atoms with Crippen LogP contribution in [0.5, 0.6) is 0 Å². The molecule has 0 spiro atoms. The van der Waals surface area contributed by atoms with E-state index in [2.05, 4.69) is 44.3 Å². The van der Waals surface area contributed by atoms with Crippen LogP contribution in [0.25, 0.3) is 16.7 Å². The number of benzene rings is 1. The quantitative estimate of drug-likeness (QED) is 0.440. The van der Waals surface area contributed by atoms with Crippen LogP contribution in [-0.2, 0) is 13.5 Å². The Bertz CT molecular complexity index is 1240. The van der Waals surface area contributed by atoms with E-state index in [0.29, 0.717) is 11.3 Å². The lowest BCUT2D eigenvalue weighted by Crippen LogP contribution is -2.08. The molecule has 0 fully saturated rings. The molecule has 6 heteroatoms. The van der Waals surface area contributed by atoms with Crippen LogP contribution >= 0.6 is 0 Å². The number of Topliss-reactive ketones (excluding diaryl/α,β-unsaturated/α-hetero) is 1. The minimum Gasteiger partial charge on any atom is -0.294 e. The third-order valence-corrected chi connectivity index (χ3v) is 5.19. The molecule has 0 unspecified atom stereocenters. The van der Waals surface area contributed by atoms with E-state index in [1.807, 2.05) is 45.4 Å². The predicted molar refractivity (Wildman–Crippen MR) is 120 cm³/mol. The van der Waals surface area contributed by atoms with Gasteiger partial charge in [0.1, 0.15) is 0 Å². The summed E-state index contributed by atoms with van der Waals surface area (Å²) in [5, 5.41) is 4.23. The molecule has 0 saturated heterocycles. The van der Waals surface area contributed by atoms with Crippen molar-refractivity contribution in [3.63, 3.8) is 0 Å². The highest BCUT2D eigenvalue weighted by atomic mass is 16.1. The number of hydrogen-bond donors (Lipinski definition) is 0. The fraction of sp³-hybridized carbons (Fsp3) is 0.160. The fourth-order valence-corrected chi connectivity index (χ4v) is 3.48. The molecule has 3 aromatic heterocycles. The number of nitrogens with zero attached hydrogens (tertiary/aromatic N) is 5. The molecule has 0 saturated carbocycles. The number of ketones is 1. The van der Waals surface area contributed by atoms with Crippen molar-refractivity contribution in [1.82, 2.24) is 24.7 Å². The summed E-state index contributed by atoms with van der Waals surface area (Å²) in [6, 6.07) is 10.1. The molecular formula is C25H23N5O. The van der Waals surface area contributed by atoms with E-state index in [9.17, 15) is 4.79 Å². The summed E-state index contributed by atoms with van der Waals surface area (Å²) in [5.74, 6) is -0.00935. The van der Waals surface area contributed by atoms with Gasteiger partial charge in [0.2, 0.25) is 0 Å². The zero-order valence-corrected chi connectivity index (χ0v) is 17.8. The number of rotatable bonds is 6. The number of carbonyl (C=O) groups excluding carboxylic acids is 1. The number of carbonyl (C=O) groups is 1. The van der Waals surface area contributed by atoms with E-state index in [1.54, 1.807) is 29.5 Å². The van der Waals surface area contributed by atoms with E-state index < -0.39 is 0 Å². The van der Waals surface area contributed by atoms with Gasteiger partial charge in [0.05, 0.1) is 30.2 Å². The molecule has 0 N–H and O–H groups in total. The van der Waals surface area contributed by atoms with Crippen molar-refractivity contribution in [3.8, 4) is 11.1 Å². The Kier molecular flexibility index (Phi) is 5.80. The van der Waals surface area contributed by atoms with Crippen LogP contribution < -0.4 is 0 Å². The molecule has 31 heavy (non-hydrogen) atoms. The number of pyridine rings is 1. The minimum atomic E-state index is -0.00935.